The van der Waals surface area contributed by atoms with Gasteiger partial charge < -0.3 is 10.1 Å². The molecule has 2 aliphatic rings. The first kappa shape index (κ1) is 18.6. The number of nitrogens with one attached hydrogen (secondary N) is 1. The maximum absolute atomic E-state index is 13.2. The lowest BCUT2D eigenvalue weighted by Gasteiger charge is -2.37. The Bertz CT molecular complexity index is 1090. The molecule has 0 bridgehead atoms. The summed E-state index contributed by atoms with van der Waals surface area (Å²) in [5.41, 5.74) is 1.31. The van der Waals surface area contributed by atoms with E-state index in [-0.39, 0.29) is 30.4 Å². The maximum atomic E-state index is 13.2. The molecule has 0 unspecified atom stereocenters. The van der Waals surface area contributed by atoms with Crippen molar-refractivity contribution in [2.45, 2.75) is 6.10 Å². The number of ether oxygens (including phenoxy) is 1. The number of hydrogen-bond donors (Lipinski definition) is 1. The molecular weight excluding hydrogens is 406 g/mol. The Morgan fingerprint density at radius 3 is 2.71 bits per heavy atom. The van der Waals surface area contributed by atoms with E-state index >= 15 is 0 Å². The van der Waals surface area contributed by atoms with Gasteiger partial charge in [-0.1, -0.05) is 23.7 Å². The van der Waals surface area contributed by atoms with Crippen molar-refractivity contribution in [3.8, 4) is 5.75 Å². The number of carbonyl (C=O) groups is 2. The van der Waals surface area contributed by atoms with Crippen LogP contribution in [-0.4, -0.2) is 45.7 Å². The lowest BCUT2D eigenvalue weighted by Crippen LogP contribution is -2.54. The van der Waals surface area contributed by atoms with Gasteiger partial charge in [0.15, 0.2) is 6.10 Å². The summed E-state index contributed by atoms with van der Waals surface area (Å²) in [4.78, 5) is 26.5. The molecule has 2 heterocycles. The Kier molecular flexibility index (Phi) is 4.43. The molecule has 2 aromatic rings. The molecule has 28 heavy (non-hydrogen) atoms. The number of benzene rings is 2. The Labute approximate surface area is 166 Å². The molecule has 0 saturated heterocycles. The van der Waals surface area contributed by atoms with Crippen LogP contribution in [0.4, 0.5) is 17.1 Å². The second-order valence-corrected chi connectivity index (χ2v) is 8.85. The van der Waals surface area contributed by atoms with E-state index in [9.17, 15) is 18.0 Å². The number of hydrogen-bond acceptors (Lipinski definition) is 5. The third-order valence-corrected chi connectivity index (χ3v) is 5.88. The minimum absolute atomic E-state index is 0.179. The summed E-state index contributed by atoms with van der Waals surface area (Å²) in [6.07, 6.45) is -0.0591. The SMILES string of the molecule is CS(=O)(=O)N1C[C@@H](C(=O)N2CC(=O)Nc3ccccc32)Oc2ccc(Cl)cc21. The number of halogens is 1. The monoisotopic (exact) mass is 421 g/mol. The lowest BCUT2D eigenvalue weighted by atomic mass is 10.1. The van der Waals surface area contributed by atoms with Gasteiger partial charge in [-0.25, -0.2) is 8.42 Å². The summed E-state index contributed by atoms with van der Waals surface area (Å²) in [6, 6.07) is 11.4. The van der Waals surface area contributed by atoms with Crippen molar-refractivity contribution in [2.75, 3.05) is 33.9 Å². The van der Waals surface area contributed by atoms with E-state index in [1.807, 2.05) is 0 Å². The predicted molar refractivity (Wildman–Crippen MR) is 105 cm³/mol. The van der Waals surface area contributed by atoms with Crippen LogP contribution in [0, 0.1) is 0 Å². The first-order valence-corrected chi connectivity index (χ1v) is 10.6. The standard InChI is InChI=1S/C18H16ClN3O5S/c1-28(25,26)22-9-16(27-15-7-6-11(19)8-14(15)22)18(24)21-10-17(23)20-12-4-2-3-5-13(12)21/h2-8,16H,9-10H2,1H3,(H,20,23)/t16-/m0/s1. The van der Waals surface area contributed by atoms with E-state index in [1.54, 1.807) is 30.3 Å². The van der Waals surface area contributed by atoms with E-state index in [4.69, 9.17) is 16.3 Å². The van der Waals surface area contributed by atoms with Crippen LogP contribution in [0.1, 0.15) is 0 Å². The third-order valence-electron chi connectivity index (χ3n) is 4.50. The summed E-state index contributed by atoms with van der Waals surface area (Å²) in [6.45, 7) is -0.395. The minimum atomic E-state index is -3.68. The van der Waals surface area contributed by atoms with Gasteiger partial charge in [-0.3, -0.25) is 18.8 Å². The van der Waals surface area contributed by atoms with Crippen LogP contribution in [0.2, 0.25) is 5.02 Å². The zero-order valence-electron chi connectivity index (χ0n) is 14.8. The highest BCUT2D eigenvalue weighted by atomic mass is 35.5. The van der Waals surface area contributed by atoms with Gasteiger partial charge in [0, 0.05) is 5.02 Å². The number of rotatable bonds is 2. The quantitative estimate of drug-likeness (QED) is 0.798. The molecule has 0 spiro atoms. The summed E-state index contributed by atoms with van der Waals surface area (Å²) >= 11 is 5.99. The molecule has 2 amide bonds. The summed E-state index contributed by atoms with van der Waals surface area (Å²) in [7, 11) is -3.68. The number of amides is 2. The van der Waals surface area contributed by atoms with Crippen LogP contribution in [0.5, 0.6) is 5.75 Å². The largest absolute Gasteiger partial charge is 0.476 e. The number of fused-ring (bicyclic) bond motifs is 2. The van der Waals surface area contributed by atoms with Crippen LogP contribution in [0.15, 0.2) is 42.5 Å². The summed E-state index contributed by atoms with van der Waals surface area (Å²) < 4.78 is 31.5. The molecular formula is C18H16ClN3O5S. The zero-order chi connectivity index (χ0) is 20.1. The Morgan fingerprint density at radius 2 is 1.96 bits per heavy atom. The second-order valence-electron chi connectivity index (χ2n) is 6.50. The van der Waals surface area contributed by atoms with Crippen LogP contribution >= 0.6 is 11.6 Å². The van der Waals surface area contributed by atoms with Crippen LogP contribution < -0.4 is 19.3 Å². The number of sulfonamides is 1. The molecule has 146 valence electrons. The molecule has 0 saturated carbocycles. The maximum Gasteiger partial charge on any atom is 0.270 e. The molecule has 0 radical (unpaired) electrons. The number of para-hydroxylation sites is 2. The summed E-state index contributed by atoms with van der Waals surface area (Å²) in [5, 5.41) is 3.06. The van der Waals surface area contributed by atoms with Crippen molar-refractivity contribution >= 4 is 50.5 Å². The molecule has 0 aliphatic carbocycles. The second kappa shape index (κ2) is 6.68. The van der Waals surface area contributed by atoms with Gasteiger partial charge in [0.1, 0.15) is 12.3 Å². The fourth-order valence-corrected chi connectivity index (χ4v) is 4.34. The van der Waals surface area contributed by atoms with E-state index in [0.717, 1.165) is 10.6 Å². The highest BCUT2D eigenvalue weighted by Gasteiger charge is 2.39. The molecule has 1 atom stereocenters. The molecule has 8 nitrogen and oxygen atoms in total. The first-order valence-electron chi connectivity index (χ1n) is 8.38. The average Bonchev–Trinajstić information content (AvgIpc) is 2.65. The lowest BCUT2D eigenvalue weighted by molar-refractivity contribution is -0.127. The minimum Gasteiger partial charge on any atom is -0.476 e. The smallest absolute Gasteiger partial charge is 0.270 e. The van der Waals surface area contributed by atoms with Gasteiger partial charge in [-0.05, 0) is 30.3 Å². The topological polar surface area (TPSA) is 96.0 Å². The van der Waals surface area contributed by atoms with E-state index in [1.165, 1.54) is 17.0 Å². The fraction of sp³-hybridized carbons (Fsp3) is 0.222. The van der Waals surface area contributed by atoms with Crippen molar-refractivity contribution in [3.05, 3.63) is 47.5 Å². The molecule has 2 aliphatic heterocycles. The highest BCUT2D eigenvalue weighted by Crippen LogP contribution is 2.38. The van der Waals surface area contributed by atoms with E-state index in [0.29, 0.717) is 16.4 Å². The van der Waals surface area contributed by atoms with Crippen LogP contribution in [0.25, 0.3) is 0 Å². The Morgan fingerprint density at radius 1 is 1.21 bits per heavy atom. The van der Waals surface area contributed by atoms with E-state index < -0.39 is 22.0 Å². The predicted octanol–water partition coefficient (Wildman–Crippen LogP) is 1.85. The van der Waals surface area contributed by atoms with Gasteiger partial charge in [-0.2, -0.15) is 0 Å². The van der Waals surface area contributed by atoms with Crippen LogP contribution in [-0.2, 0) is 19.6 Å². The van der Waals surface area contributed by atoms with Crippen molar-refractivity contribution in [3.63, 3.8) is 0 Å². The van der Waals surface area contributed by atoms with Crippen molar-refractivity contribution in [1.82, 2.24) is 0 Å². The van der Waals surface area contributed by atoms with Gasteiger partial charge in [0.05, 0.1) is 29.9 Å². The molecule has 10 heteroatoms. The summed E-state index contributed by atoms with van der Waals surface area (Å²) in [5.74, 6) is -0.610. The average molecular weight is 422 g/mol. The van der Waals surface area contributed by atoms with Crippen molar-refractivity contribution in [2.24, 2.45) is 0 Å². The fourth-order valence-electron chi connectivity index (χ4n) is 3.27. The Balaban J connectivity index is 1.71. The van der Waals surface area contributed by atoms with Gasteiger partial charge in [-0.15, -0.1) is 0 Å². The number of carbonyl (C=O) groups excluding carboxylic acids is 2. The van der Waals surface area contributed by atoms with Crippen molar-refractivity contribution < 1.29 is 22.7 Å². The molecule has 0 fully saturated rings. The molecule has 4 rings (SSSR count). The van der Waals surface area contributed by atoms with Crippen molar-refractivity contribution in [1.29, 1.82) is 0 Å². The molecule has 2 aromatic carbocycles. The number of anilines is 3. The zero-order valence-corrected chi connectivity index (χ0v) is 16.3. The van der Waals surface area contributed by atoms with E-state index in [2.05, 4.69) is 5.32 Å². The van der Waals surface area contributed by atoms with Gasteiger partial charge in [0.2, 0.25) is 15.9 Å². The molecule has 1 N–H and O–H groups in total. The Hall–Kier alpha value is -2.78. The first-order chi connectivity index (χ1) is 13.2. The third kappa shape index (κ3) is 3.27. The molecule has 0 aromatic heterocycles. The normalized spacial score (nSPS) is 18.6. The van der Waals surface area contributed by atoms with Crippen LogP contribution in [0.3, 0.4) is 0 Å². The highest BCUT2D eigenvalue weighted by molar-refractivity contribution is 7.92. The number of nitrogens with zero attached hydrogens (tertiary/aromatic N) is 2. The van der Waals surface area contributed by atoms with Gasteiger partial charge >= 0.3 is 0 Å². The van der Waals surface area contributed by atoms with Gasteiger partial charge in [0.25, 0.3) is 5.91 Å².